The number of sulfonamides is 1. The standard InChI is InChI=1S/C27H36ClN3O5S/c1-19-13-14-22(28)16-25(19)31(37(4,34)35)18-26(32)30(17-21-9-8-12-24(15-21)36-3)20(2)27(33)29-23-10-6-5-7-11-23/h8-9,12-16,20,23H,5-7,10-11,17-18H2,1-4H3,(H,29,33)/t20-/m1/s1. The van der Waals surface area contributed by atoms with Crippen LogP contribution in [0.4, 0.5) is 5.69 Å². The maximum atomic E-state index is 13.7. The first-order valence-electron chi connectivity index (χ1n) is 12.5. The Hall–Kier alpha value is -2.78. The predicted molar refractivity (Wildman–Crippen MR) is 146 cm³/mol. The van der Waals surface area contributed by atoms with Crippen LogP contribution in [0.15, 0.2) is 42.5 Å². The van der Waals surface area contributed by atoms with Crippen molar-refractivity contribution in [3.05, 3.63) is 58.6 Å². The Bertz CT molecular complexity index is 1210. The Balaban J connectivity index is 1.91. The molecule has 1 aliphatic carbocycles. The van der Waals surface area contributed by atoms with Gasteiger partial charge in [0, 0.05) is 17.6 Å². The van der Waals surface area contributed by atoms with Crippen molar-refractivity contribution < 1.29 is 22.7 Å². The van der Waals surface area contributed by atoms with E-state index in [2.05, 4.69) is 5.32 Å². The molecule has 0 bridgehead atoms. The van der Waals surface area contributed by atoms with E-state index < -0.39 is 28.5 Å². The van der Waals surface area contributed by atoms with E-state index in [0.717, 1.165) is 48.2 Å². The lowest BCUT2D eigenvalue weighted by atomic mass is 9.95. The second-order valence-electron chi connectivity index (χ2n) is 9.59. The van der Waals surface area contributed by atoms with Gasteiger partial charge in [-0.15, -0.1) is 0 Å². The number of rotatable bonds is 10. The SMILES string of the molecule is COc1cccc(CN(C(=O)CN(c2cc(Cl)ccc2C)S(C)(=O)=O)[C@H](C)C(=O)NC2CCCCC2)c1. The quantitative estimate of drug-likeness (QED) is 0.477. The molecule has 2 aromatic carbocycles. The van der Waals surface area contributed by atoms with Crippen molar-refractivity contribution in [1.82, 2.24) is 10.2 Å². The summed E-state index contributed by atoms with van der Waals surface area (Å²) in [6.07, 6.45) is 6.16. The summed E-state index contributed by atoms with van der Waals surface area (Å²) in [5.41, 5.74) is 1.74. The summed E-state index contributed by atoms with van der Waals surface area (Å²) in [4.78, 5) is 28.4. The van der Waals surface area contributed by atoms with Gasteiger partial charge in [-0.25, -0.2) is 8.42 Å². The fraction of sp³-hybridized carbons (Fsp3) is 0.481. The Morgan fingerprint density at radius 1 is 1.14 bits per heavy atom. The molecule has 1 N–H and O–H groups in total. The third-order valence-electron chi connectivity index (χ3n) is 6.72. The Labute approximate surface area is 225 Å². The zero-order chi connectivity index (χ0) is 27.2. The van der Waals surface area contributed by atoms with Crippen molar-refractivity contribution in [1.29, 1.82) is 0 Å². The van der Waals surface area contributed by atoms with Crippen LogP contribution in [0, 0.1) is 6.92 Å². The summed E-state index contributed by atoms with van der Waals surface area (Å²) in [5.74, 6) is -0.136. The van der Waals surface area contributed by atoms with Crippen LogP contribution in [0.1, 0.15) is 50.2 Å². The van der Waals surface area contributed by atoms with Crippen molar-refractivity contribution in [3.8, 4) is 5.75 Å². The molecular weight excluding hydrogens is 514 g/mol. The van der Waals surface area contributed by atoms with E-state index in [0.29, 0.717) is 22.0 Å². The normalized spacial score (nSPS) is 15.1. The molecule has 37 heavy (non-hydrogen) atoms. The van der Waals surface area contributed by atoms with Gasteiger partial charge in [-0.3, -0.25) is 13.9 Å². The summed E-state index contributed by atoms with van der Waals surface area (Å²) in [5, 5.41) is 3.44. The van der Waals surface area contributed by atoms with Crippen molar-refractivity contribution in [3.63, 3.8) is 0 Å². The number of carbonyl (C=O) groups is 2. The highest BCUT2D eigenvalue weighted by Gasteiger charge is 2.31. The summed E-state index contributed by atoms with van der Waals surface area (Å²) in [6.45, 7) is 3.07. The molecule has 0 saturated heterocycles. The molecule has 10 heteroatoms. The second-order valence-corrected chi connectivity index (χ2v) is 11.9. The molecule has 2 aromatic rings. The monoisotopic (exact) mass is 549 g/mol. The summed E-state index contributed by atoms with van der Waals surface area (Å²) in [7, 11) is -2.28. The van der Waals surface area contributed by atoms with Crippen molar-refractivity contribution in [2.75, 3.05) is 24.2 Å². The largest absolute Gasteiger partial charge is 0.497 e. The molecule has 0 heterocycles. The summed E-state index contributed by atoms with van der Waals surface area (Å²) >= 11 is 6.15. The average molecular weight is 550 g/mol. The molecule has 0 unspecified atom stereocenters. The van der Waals surface area contributed by atoms with Gasteiger partial charge in [-0.1, -0.05) is 49.1 Å². The zero-order valence-corrected chi connectivity index (χ0v) is 23.4. The topological polar surface area (TPSA) is 96.0 Å². The number of amides is 2. The number of ether oxygens (including phenoxy) is 1. The third kappa shape index (κ3) is 7.85. The lowest BCUT2D eigenvalue weighted by molar-refractivity contribution is -0.139. The molecule has 0 spiro atoms. The van der Waals surface area contributed by atoms with E-state index in [9.17, 15) is 18.0 Å². The van der Waals surface area contributed by atoms with Crippen LogP contribution in [0.25, 0.3) is 0 Å². The molecule has 1 fully saturated rings. The predicted octanol–water partition coefficient (Wildman–Crippen LogP) is 4.29. The smallest absolute Gasteiger partial charge is 0.244 e. The van der Waals surface area contributed by atoms with Crippen LogP contribution >= 0.6 is 11.6 Å². The first-order valence-corrected chi connectivity index (χ1v) is 14.7. The molecule has 202 valence electrons. The van der Waals surface area contributed by atoms with Crippen LogP contribution in [0.5, 0.6) is 5.75 Å². The molecule has 0 radical (unpaired) electrons. The van der Waals surface area contributed by atoms with Gasteiger partial charge in [-0.05, 0) is 62.1 Å². The number of carbonyl (C=O) groups excluding carboxylic acids is 2. The molecular formula is C27H36ClN3O5S. The summed E-state index contributed by atoms with van der Waals surface area (Å²) in [6, 6.07) is 11.4. The fourth-order valence-corrected chi connectivity index (χ4v) is 5.63. The van der Waals surface area contributed by atoms with E-state index in [4.69, 9.17) is 16.3 Å². The van der Waals surface area contributed by atoms with Gasteiger partial charge in [0.05, 0.1) is 19.1 Å². The number of halogens is 1. The maximum Gasteiger partial charge on any atom is 0.244 e. The molecule has 0 aliphatic heterocycles. The van der Waals surface area contributed by atoms with E-state index in [1.807, 2.05) is 12.1 Å². The number of hydrogen-bond donors (Lipinski definition) is 1. The minimum atomic E-state index is -3.83. The minimum absolute atomic E-state index is 0.0825. The first-order chi connectivity index (χ1) is 17.5. The molecule has 3 rings (SSSR count). The van der Waals surface area contributed by atoms with Crippen LogP contribution in [0.2, 0.25) is 5.02 Å². The Morgan fingerprint density at radius 3 is 2.49 bits per heavy atom. The molecule has 8 nitrogen and oxygen atoms in total. The van der Waals surface area contributed by atoms with Gasteiger partial charge in [0.2, 0.25) is 21.8 Å². The number of anilines is 1. The molecule has 2 amide bonds. The Kier molecular flexibility index (Phi) is 9.84. The maximum absolute atomic E-state index is 13.7. The molecule has 1 saturated carbocycles. The van der Waals surface area contributed by atoms with Gasteiger partial charge in [0.25, 0.3) is 0 Å². The Morgan fingerprint density at radius 2 is 1.84 bits per heavy atom. The molecule has 1 atom stereocenters. The van der Waals surface area contributed by atoms with Crippen LogP contribution in [0.3, 0.4) is 0 Å². The third-order valence-corrected chi connectivity index (χ3v) is 8.09. The van der Waals surface area contributed by atoms with Crippen LogP contribution in [-0.2, 0) is 26.2 Å². The average Bonchev–Trinajstić information content (AvgIpc) is 2.87. The van der Waals surface area contributed by atoms with Gasteiger partial charge in [0.15, 0.2) is 0 Å². The van der Waals surface area contributed by atoms with Gasteiger partial charge >= 0.3 is 0 Å². The van der Waals surface area contributed by atoms with Gasteiger partial charge in [-0.2, -0.15) is 0 Å². The molecule has 0 aromatic heterocycles. The van der Waals surface area contributed by atoms with Crippen LogP contribution < -0.4 is 14.4 Å². The lowest BCUT2D eigenvalue weighted by Crippen LogP contribution is -2.53. The first kappa shape index (κ1) is 28.8. The highest BCUT2D eigenvalue weighted by molar-refractivity contribution is 7.92. The van der Waals surface area contributed by atoms with E-state index >= 15 is 0 Å². The number of nitrogens with one attached hydrogen (secondary N) is 1. The minimum Gasteiger partial charge on any atom is -0.497 e. The van der Waals surface area contributed by atoms with Crippen LogP contribution in [-0.4, -0.2) is 57.1 Å². The van der Waals surface area contributed by atoms with Crippen molar-refractivity contribution in [2.45, 2.75) is 64.6 Å². The van der Waals surface area contributed by atoms with E-state index in [1.54, 1.807) is 45.2 Å². The molecule has 1 aliphatic rings. The number of methoxy groups -OCH3 is 1. The number of hydrogen-bond acceptors (Lipinski definition) is 5. The lowest BCUT2D eigenvalue weighted by Gasteiger charge is -2.33. The van der Waals surface area contributed by atoms with E-state index in [1.165, 1.54) is 11.0 Å². The highest BCUT2D eigenvalue weighted by atomic mass is 35.5. The fourth-order valence-electron chi connectivity index (χ4n) is 4.56. The van der Waals surface area contributed by atoms with Crippen molar-refractivity contribution in [2.24, 2.45) is 0 Å². The zero-order valence-electron chi connectivity index (χ0n) is 21.9. The van der Waals surface area contributed by atoms with Crippen molar-refractivity contribution >= 4 is 39.1 Å². The number of benzene rings is 2. The second kappa shape index (κ2) is 12.6. The summed E-state index contributed by atoms with van der Waals surface area (Å²) < 4.78 is 31.9. The van der Waals surface area contributed by atoms with E-state index in [-0.39, 0.29) is 18.5 Å². The van der Waals surface area contributed by atoms with Gasteiger partial charge < -0.3 is 15.0 Å². The number of aryl methyl sites for hydroxylation is 1. The van der Waals surface area contributed by atoms with Gasteiger partial charge in [0.1, 0.15) is 18.3 Å². The highest BCUT2D eigenvalue weighted by Crippen LogP contribution is 2.27. The number of nitrogens with zero attached hydrogens (tertiary/aromatic N) is 2.